The molecule has 0 amide bonds. The quantitative estimate of drug-likeness (QED) is 0.867. The number of aromatic nitrogens is 2. The van der Waals surface area contributed by atoms with Gasteiger partial charge >= 0.3 is 5.97 Å². The molecule has 0 atom stereocenters. The highest BCUT2D eigenvalue weighted by Crippen LogP contribution is 2.34. The SMILES string of the molecule is O=C(O)/C=C/c1cn(-c2ccccc2)nc1C1CCCCC1. The Labute approximate surface area is 130 Å². The molecule has 1 aromatic carbocycles. The number of rotatable bonds is 4. The topological polar surface area (TPSA) is 55.1 Å². The van der Waals surface area contributed by atoms with Crippen molar-refractivity contribution in [2.45, 2.75) is 38.0 Å². The van der Waals surface area contributed by atoms with Crippen LogP contribution in [0.15, 0.2) is 42.6 Å². The maximum Gasteiger partial charge on any atom is 0.328 e. The Morgan fingerprint density at radius 1 is 1.18 bits per heavy atom. The molecule has 22 heavy (non-hydrogen) atoms. The summed E-state index contributed by atoms with van der Waals surface area (Å²) in [7, 11) is 0. The van der Waals surface area contributed by atoms with Crippen LogP contribution in [0.2, 0.25) is 0 Å². The summed E-state index contributed by atoms with van der Waals surface area (Å²) < 4.78 is 1.85. The number of benzene rings is 1. The van der Waals surface area contributed by atoms with Gasteiger partial charge in [0.15, 0.2) is 0 Å². The number of aliphatic carboxylic acids is 1. The zero-order valence-electron chi connectivity index (χ0n) is 12.5. The lowest BCUT2D eigenvalue weighted by molar-refractivity contribution is -0.131. The Morgan fingerprint density at radius 2 is 1.91 bits per heavy atom. The molecule has 3 rings (SSSR count). The van der Waals surface area contributed by atoms with E-state index in [1.807, 2.05) is 41.2 Å². The van der Waals surface area contributed by atoms with Gasteiger partial charge in [-0.15, -0.1) is 0 Å². The van der Waals surface area contributed by atoms with E-state index < -0.39 is 5.97 Å². The van der Waals surface area contributed by atoms with Gasteiger partial charge in [0.25, 0.3) is 0 Å². The minimum absolute atomic E-state index is 0.437. The molecule has 1 aromatic heterocycles. The standard InChI is InChI=1S/C18H20N2O2/c21-17(22)12-11-15-13-20(16-9-5-2-6-10-16)19-18(15)14-7-3-1-4-8-14/h2,5-6,9-14H,1,3-4,7-8H2,(H,21,22)/b12-11+. The molecule has 1 saturated carbocycles. The van der Waals surface area contributed by atoms with Crippen molar-refractivity contribution in [3.05, 3.63) is 53.9 Å². The van der Waals surface area contributed by atoms with Crippen molar-refractivity contribution < 1.29 is 9.90 Å². The molecule has 0 aliphatic heterocycles. The van der Waals surface area contributed by atoms with Crippen LogP contribution in [0.3, 0.4) is 0 Å². The minimum atomic E-state index is -0.929. The Balaban J connectivity index is 1.98. The Hall–Kier alpha value is -2.36. The maximum atomic E-state index is 10.8. The lowest BCUT2D eigenvalue weighted by atomic mass is 9.85. The number of carbonyl (C=O) groups is 1. The molecule has 0 bridgehead atoms. The molecule has 0 spiro atoms. The van der Waals surface area contributed by atoms with Crippen LogP contribution < -0.4 is 0 Å². The highest BCUT2D eigenvalue weighted by molar-refractivity contribution is 5.85. The third kappa shape index (κ3) is 3.27. The van der Waals surface area contributed by atoms with Crippen molar-refractivity contribution in [3.63, 3.8) is 0 Å². The van der Waals surface area contributed by atoms with E-state index in [1.54, 1.807) is 6.08 Å². The lowest BCUT2D eigenvalue weighted by Gasteiger charge is -2.20. The first-order chi connectivity index (χ1) is 10.7. The largest absolute Gasteiger partial charge is 0.478 e. The summed E-state index contributed by atoms with van der Waals surface area (Å²) in [5, 5.41) is 13.6. The van der Waals surface area contributed by atoms with Crippen LogP contribution in [0, 0.1) is 0 Å². The Morgan fingerprint density at radius 3 is 2.59 bits per heavy atom. The van der Waals surface area contributed by atoms with Crippen LogP contribution in [-0.2, 0) is 4.79 Å². The highest BCUT2D eigenvalue weighted by atomic mass is 16.4. The van der Waals surface area contributed by atoms with Gasteiger partial charge in [0.1, 0.15) is 0 Å². The van der Waals surface area contributed by atoms with E-state index in [4.69, 9.17) is 10.2 Å². The first-order valence-electron chi connectivity index (χ1n) is 7.80. The van der Waals surface area contributed by atoms with Crippen molar-refractivity contribution in [3.8, 4) is 5.69 Å². The van der Waals surface area contributed by atoms with Crippen molar-refractivity contribution in [1.29, 1.82) is 0 Å². The summed E-state index contributed by atoms with van der Waals surface area (Å²) in [6.45, 7) is 0. The fraction of sp³-hybridized carbons (Fsp3) is 0.333. The lowest BCUT2D eigenvalue weighted by Crippen LogP contribution is -2.07. The highest BCUT2D eigenvalue weighted by Gasteiger charge is 2.21. The predicted molar refractivity (Wildman–Crippen MR) is 86.1 cm³/mol. The fourth-order valence-corrected chi connectivity index (χ4v) is 3.10. The summed E-state index contributed by atoms with van der Waals surface area (Å²) in [4.78, 5) is 10.8. The second-order valence-electron chi connectivity index (χ2n) is 5.76. The number of para-hydroxylation sites is 1. The molecule has 0 radical (unpaired) electrons. The molecule has 1 fully saturated rings. The van der Waals surface area contributed by atoms with Crippen LogP contribution in [0.25, 0.3) is 11.8 Å². The summed E-state index contributed by atoms with van der Waals surface area (Å²) >= 11 is 0. The van der Waals surface area contributed by atoms with E-state index in [9.17, 15) is 4.79 Å². The third-order valence-corrected chi connectivity index (χ3v) is 4.19. The van der Waals surface area contributed by atoms with Crippen molar-refractivity contribution in [2.75, 3.05) is 0 Å². The van der Waals surface area contributed by atoms with Crippen molar-refractivity contribution >= 4 is 12.0 Å². The molecule has 2 aromatic rings. The van der Waals surface area contributed by atoms with E-state index in [0.29, 0.717) is 5.92 Å². The normalized spacial score (nSPS) is 16.2. The first-order valence-corrected chi connectivity index (χ1v) is 7.80. The van der Waals surface area contributed by atoms with Crippen LogP contribution in [-0.4, -0.2) is 20.9 Å². The molecule has 1 aliphatic carbocycles. The number of hydrogen-bond acceptors (Lipinski definition) is 2. The minimum Gasteiger partial charge on any atom is -0.478 e. The molecule has 4 nitrogen and oxygen atoms in total. The molecule has 1 N–H and O–H groups in total. The van der Waals surface area contributed by atoms with Gasteiger partial charge < -0.3 is 5.11 Å². The van der Waals surface area contributed by atoms with Gasteiger partial charge in [-0.2, -0.15) is 5.10 Å². The average molecular weight is 296 g/mol. The average Bonchev–Trinajstić information content (AvgIpc) is 2.99. The number of carboxylic acid groups (broad SMARTS) is 1. The van der Waals surface area contributed by atoms with Crippen molar-refractivity contribution in [2.24, 2.45) is 0 Å². The van der Waals surface area contributed by atoms with Gasteiger partial charge in [-0.05, 0) is 31.1 Å². The second kappa shape index (κ2) is 6.60. The van der Waals surface area contributed by atoms with E-state index in [0.717, 1.165) is 29.8 Å². The molecule has 4 heteroatoms. The molecule has 114 valence electrons. The van der Waals surface area contributed by atoms with Gasteiger partial charge in [-0.25, -0.2) is 9.48 Å². The second-order valence-corrected chi connectivity index (χ2v) is 5.76. The van der Waals surface area contributed by atoms with E-state index >= 15 is 0 Å². The van der Waals surface area contributed by atoms with Gasteiger partial charge in [0, 0.05) is 23.8 Å². The van der Waals surface area contributed by atoms with Gasteiger partial charge in [-0.3, -0.25) is 0 Å². The zero-order valence-corrected chi connectivity index (χ0v) is 12.5. The van der Waals surface area contributed by atoms with Gasteiger partial charge in [0.05, 0.1) is 11.4 Å². The van der Waals surface area contributed by atoms with Gasteiger partial charge in [0.2, 0.25) is 0 Å². The monoisotopic (exact) mass is 296 g/mol. The number of carboxylic acids is 1. The van der Waals surface area contributed by atoms with Gasteiger partial charge in [-0.1, -0.05) is 37.5 Å². The predicted octanol–water partition coefficient (Wildman–Crippen LogP) is 4.02. The number of nitrogens with zero attached hydrogens (tertiary/aromatic N) is 2. The smallest absolute Gasteiger partial charge is 0.328 e. The van der Waals surface area contributed by atoms with Crippen LogP contribution >= 0.6 is 0 Å². The summed E-state index contributed by atoms with van der Waals surface area (Å²) in [6, 6.07) is 9.93. The third-order valence-electron chi connectivity index (χ3n) is 4.19. The van der Waals surface area contributed by atoms with Crippen LogP contribution in [0.4, 0.5) is 0 Å². The summed E-state index contributed by atoms with van der Waals surface area (Å²) in [5.74, 6) is -0.491. The molecule has 1 aliphatic rings. The molecular formula is C18H20N2O2. The van der Waals surface area contributed by atoms with Crippen molar-refractivity contribution in [1.82, 2.24) is 9.78 Å². The van der Waals surface area contributed by atoms with E-state index in [1.165, 1.54) is 25.3 Å². The van der Waals surface area contributed by atoms with E-state index in [2.05, 4.69) is 0 Å². The van der Waals surface area contributed by atoms with Crippen LogP contribution in [0.1, 0.15) is 49.3 Å². The molecule has 0 unspecified atom stereocenters. The summed E-state index contributed by atoms with van der Waals surface area (Å²) in [6.07, 6.45) is 10.8. The Bertz CT molecular complexity index is 668. The maximum absolute atomic E-state index is 10.8. The summed E-state index contributed by atoms with van der Waals surface area (Å²) in [5.41, 5.74) is 2.94. The molecular weight excluding hydrogens is 276 g/mol. The number of hydrogen-bond donors (Lipinski definition) is 1. The molecule has 0 saturated heterocycles. The zero-order chi connectivity index (χ0) is 15.4. The van der Waals surface area contributed by atoms with E-state index in [-0.39, 0.29) is 0 Å². The first kappa shape index (κ1) is 14.6. The Kier molecular flexibility index (Phi) is 4.37. The fourth-order valence-electron chi connectivity index (χ4n) is 3.10. The molecule has 1 heterocycles. The van der Waals surface area contributed by atoms with Crippen LogP contribution in [0.5, 0.6) is 0 Å².